The van der Waals surface area contributed by atoms with Crippen LogP contribution in [0.5, 0.6) is 0 Å². The summed E-state index contributed by atoms with van der Waals surface area (Å²) in [6, 6.07) is 2.31. The van der Waals surface area contributed by atoms with Crippen LogP contribution >= 0.6 is 0 Å². The number of nitrogens with one attached hydrogen (secondary N) is 1. The van der Waals surface area contributed by atoms with Crippen LogP contribution in [0.4, 0.5) is 0 Å². The van der Waals surface area contributed by atoms with Gasteiger partial charge in [-0.05, 0) is 26.8 Å². The molecule has 5 nitrogen and oxygen atoms in total. The standard InChI is InChI=1S/C13H21N3O2/c1-4-18-13(17)11-8-14-7-10(11)12-5-6-15-16(12)9(2)3/h5-6,9-11,14H,4,7-8H2,1-3H3. The predicted molar refractivity (Wildman–Crippen MR) is 68.3 cm³/mol. The minimum atomic E-state index is -0.107. The van der Waals surface area contributed by atoms with Crippen LogP contribution < -0.4 is 5.32 Å². The summed E-state index contributed by atoms with van der Waals surface area (Å²) in [5.74, 6) is -0.0443. The number of aromatic nitrogens is 2. The normalized spacial score (nSPS) is 23.6. The lowest BCUT2D eigenvalue weighted by atomic mass is 9.92. The summed E-state index contributed by atoms with van der Waals surface area (Å²) >= 11 is 0. The molecule has 0 amide bonds. The molecule has 1 aromatic heterocycles. The third kappa shape index (κ3) is 2.41. The Morgan fingerprint density at radius 1 is 1.61 bits per heavy atom. The Labute approximate surface area is 108 Å². The zero-order chi connectivity index (χ0) is 13.1. The average molecular weight is 251 g/mol. The maximum Gasteiger partial charge on any atom is 0.310 e. The van der Waals surface area contributed by atoms with Gasteiger partial charge in [-0.2, -0.15) is 5.10 Å². The molecular weight excluding hydrogens is 230 g/mol. The minimum absolute atomic E-state index is 0.0980. The molecule has 1 fully saturated rings. The lowest BCUT2D eigenvalue weighted by molar-refractivity contribution is -0.147. The second-order valence-corrected chi connectivity index (χ2v) is 4.92. The minimum Gasteiger partial charge on any atom is -0.466 e. The van der Waals surface area contributed by atoms with Gasteiger partial charge in [0.25, 0.3) is 0 Å². The van der Waals surface area contributed by atoms with Crippen LogP contribution in [0.15, 0.2) is 12.3 Å². The molecule has 2 atom stereocenters. The van der Waals surface area contributed by atoms with Gasteiger partial charge in [0.2, 0.25) is 0 Å². The Balaban J connectivity index is 2.20. The number of carbonyl (C=O) groups excluding carboxylic acids is 1. The van der Waals surface area contributed by atoms with E-state index in [2.05, 4.69) is 24.3 Å². The van der Waals surface area contributed by atoms with Crippen molar-refractivity contribution in [3.05, 3.63) is 18.0 Å². The Hall–Kier alpha value is -1.36. The van der Waals surface area contributed by atoms with Gasteiger partial charge in [0.05, 0.1) is 12.5 Å². The molecule has 1 saturated heterocycles. The van der Waals surface area contributed by atoms with Crippen LogP contribution in [0.25, 0.3) is 0 Å². The second-order valence-electron chi connectivity index (χ2n) is 4.92. The highest BCUT2D eigenvalue weighted by atomic mass is 16.5. The van der Waals surface area contributed by atoms with Gasteiger partial charge in [-0.25, -0.2) is 0 Å². The summed E-state index contributed by atoms with van der Waals surface area (Å²) in [7, 11) is 0. The van der Waals surface area contributed by atoms with Crippen LogP contribution in [0.3, 0.4) is 0 Å². The second kappa shape index (κ2) is 5.52. The van der Waals surface area contributed by atoms with Crippen LogP contribution in [-0.4, -0.2) is 35.4 Å². The van der Waals surface area contributed by atoms with E-state index in [-0.39, 0.29) is 17.8 Å². The van der Waals surface area contributed by atoms with Gasteiger partial charge in [-0.15, -0.1) is 0 Å². The zero-order valence-corrected chi connectivity index (χ0v) is 11.2. The predicted octanol–water partition coefficient (Wildman–Crippen LogP) is 1.33. The highest BCUT2D eigenvalue weighted by molar-refractivity contribution is 5.74. The summed E-state index contributed by atoms with van der Waals surface area (Å²) < 4.78 is 7.14. The maximum absolute atomic E-state index is 11.9. The first-order valence-electron chi connectivity index (χ1n) is 6.56. The molecule has 5 heteroatoms. The molecule has 2 rings (SSSR count). The molecule has 2 heterocycles. The molecule has 0 aliphatic carbocycles. The fourth-order valence-corrected chi connectivity index (χ4v) is 2.54. The summed E-state index contributed by atoms with van der Waals surface area (Å²) in [6.07, 6.45) is 1.80. The quantitative estimate of drug-likeness (QED) is 0.820. The van der Waals surface area contributed by atoms with E-state index >= 15 is 0 Å². The van der Waals surface area contributed by atoms with Gasteiger partial charge in [0.1, 0.15) is 0 Å². The lowest BCUT2D eigenvalue weighted by Gasteiger charge is -2.20. The van der Waals surface area contributed by atoms with E-state index < -0.39 is 0 Å². The van der Waals surface area contributed by atoms with Crippen molar-refractivity contribution >= 4 is 5.97 Å². The van der Waals surface area contributed by atoms with Gasteiger partial charge in [-0.1, -0.05) is 0 Å². The molecule has 0 saturated carbocycles. The number of hydrogen-bond acceptors (Lipinski definition) is 4. The van der Waals surface area contributed by atoms with E-state index in [0.29, 0.717) is 19.2 Å². The van der Waals surface area contributed by atoms with Crippen LogP contribution in [-0.2, 0) is 9.53 Å². The Bertz CT molecular complexity index is 414. The van der Waals surface area contributed by atoms with Crippen LogP contribution in [0.1, 0.15) is 38.4 Å². The Morgan fingerprint density at radius 3 is 3.06 bits per heavy atom. The van der Waals surface area contributed by atoms with Crippen molar-refractivity contribution in [1.29, 1.82) is 0 Å². The fourth-order valence-electron chi connectivity index (χ4n) is 2.54. The SMILES string of the molecule is CCOC(=O)C1CNCC1c1ccnn1C(C)C. The third-order valence-electron chi connectivity index (χ3n) is 3.37. The van der Waals surface area contributed by atoms with Gasteiger partial charge in [-0.3, -0.25) is 9.48 Å². The van der Waals surface area contributed by atoms with Gasteiger partial charge >= 0.3 is 5.97 Å². The molecule has 0 radical (unpaired) electrons. The largest absolute Gasteiger partial charge is 0.466 e. The number of carbonyl (C=O) groups is 1. The summed E-state index contributed by atoms with van der Waals surface area (Å²) in [6.45, 7) is 7.96. The van der Waals surface area contributed by atoms with Crippen molar-refractivity contribution < 1.29 is 9.53 Å². The van der Waals surface area contributed by atoms with Crippen molar-refractivity contribution in [3.63, 3.8) is 0 Å². The van der Waals surface area contributed by atoms with Crippen LogP contribution in [0, 0.1) is 5.92 Å². The molecule has 1 aliphatic heterocycles. The smallest absolute Gasteiger partial charge is 0.310 e. The first kappa shape index (κ1) is 13.1. The number of esters is 1. The Morgan fingerprint density at radius 2 is 2.39 bits per heavy atom. The molecule has 1 aromatic rings. The fraction of sp³-hybridized carbons (Fsp3) is 0.692. The summed E-state index contributed by atoms with van der Waals surface area (Å²) in [4.78, 5) is 11.9. The monoisotopic (exact) mass is 251 g/mol. The van der Waals surface area contributed by atoms with Gasteiger partial charge in [0.15, 0.2) is 0 Å². The van der Waals surface area contributed by atoms with E-state index in [1.54, 1.807) is 6.20 Å². The van der Waals surface area contributed by atoms with E-state index in [1.165, 1.54) is 0 Å². The van der Waals surface area contributed by atoms with Crippen LogP contribution in [0.2, 0.25) is 0 Å². The van der Waals surface area contributed by atoms with Gasteiger partial charge < -0.3 is 10.1 Å². The average Bonchev–Trinajstić information content (AvgIpc) is 2.97. The summed E-state index contributed by atoms with van der Waals surface area (Å²) in [5.41, 5.74) is 1.12. The summed E-state index contributed by atoms with van der Waals surface area (Å²) in [5, 5.41) is 7.61. The van der Waals surface area contributed by atoms with E-state index in [0.717, 1.165) is 12.2 Å². The van der Waals surface area contributed by atoms with E-state index in [1.807, 2.05) is 17.7 Å². The highest BCUT2D eigenvalue weighted by Crippen LogP contribution is 2.30. The number of hydrogen-bond donors (Lipinski definition) is 1. The lowest BCUT2D eigenvalue weighted by Crippen LogP contribution is -2.25. The molecule has 100 valence electrons. The molecule has 18 heavy (non-hydrogen) atoms. The topological polar surface area (TPSA) is 56.1 Å². The van der Waals surface area contributed by atoms with Crippen molar-refractivity contribution in [2.24, 2.45) is 5.92 Å². The van der Waals surface area contributed by atoms with Crippen molar-refractivity contribution in [2.45, 2.75) is 32.7 Å². The molecule has 1 aliphatic rings. The van der Waals surface area contributed by atoms with E-state index in [4.69, 9.17) is 4.74 Å². The third-order valence-corrected chi connectivity index (χ3v) is 3.37. The first-order chi connectivity index (χ1) is 8.65. The zero-order valence-electron chi connectivity index (χ0n) is 11.2. The molecule has 2 unspecified atom stereocenters. The van der Waals surface area contributed by atoms with Crippen molar-refractivity contribution in [3.8, 4) is 0 Å². The molecule has 0 bridgehead atoms. The highest BCUT2D eigenvalue weighted by Gasteiger charge is 2.37. The van der Waals surface area contributed by atoms with Crippen molar-refractivity contribution in [1.82, 2.24) is 15.1 Å². The first-order valence-corrected chi connectivity index (χ1v) is 6.56. The molecule has 0 aromatic carbocycles. The maximum atomic E-state index is 11.9. The number of ether oxygens (including phenoxy) is 1. The number of rotatable bonds is 4. The molecule has 1 N–H and O–H groups in total. The van der Waals surface area contributed by atoms with E-state index in [9.17, 15) is 4.79 Å². The number of nitrogens with zero attached hydrogens (tertiary/aromatic N) is 2. The van der Waals surface area contributed by atoms with Crippen molar-refractivity contribution in [2.75, 3.05) is 19.7 Å². The molecule has 0 spiro atoms. The van der Waals surface area contributed by atoms with Gasteiger partial charge in [0, 0.05) is 36.9 Å². The molecular formula is C13H21N3O2. The Kier molecular flexibility index (Phi) is 4.01.